The van der Waals surface area contributed by atoms with Gasteiger partial charge >= 0.3 is 0 Å². The Morgan fingerprint density at radius 1 is 1.08 bits per heavy atom. The van der Waals surface area contributed by atoms with Gasteiger partial charge in [0.25, 0.3) is 11.6 Å². The molecular weight excluding hydrogens is 308 g/mol. The lowest BCUT2D eigenvalue weighted by molar-refractivity contribution is -0.384. The van der Waals surface area contributed by atoms with Crippen molar-refractivity contribution >= 4 is 28.7 Å². The van der Waals surface area contributed by atoms with Crippen LogP contribution in [0, 0.1) is 10.1 Å². The maximum Gasteiger partial charge on any atom is 0.289 e. The number of nitro benzene ring substituents is 1. The van der Waals surface area contributed by atoms with E-state index in [4.69, 9.17) is 0 Å². The highest BCUT2D eigenvalue weighted by molar-refractivity contribution is 5.95. The number of fused-ring (bicyclic) bond motifs is 1. The van der Waals surface area contributed by atoms with Gasteiger partial charge in [-0.25, -0.2) is 10.4 Å². The molecule has 0 fully saturated rings. The first-order valence-corrected chi connectivity index (χ1v) is 7.07. The summed E-state index contributed by atoms with van der Waals surface area (Å²) in [7, 11) is 0. The van der Waals surface area contributed by atoms with Gasteiger partial charge in [-0.2, -0.15) is 5.10 Å². The number of amides is 1. The van der Waals surface area contributed by atoms with E-state index in [2.05, 4.69) is 15.5 Å². The van der Waals surface area contributed by atoms with Crippen molar-refractivity contribution in [2.45, 2.75) is 0 Å². The molecule has 0 bridgehead atoms. The fraction of sp³-hybridized carbons (Fsp3) is 0. The number of nitro groups is 1. The summed E-state index contributed by atoms with van der Waals surface area (Å²) in [6.45, 7) is 0. The third-order valence-corrected chi connectivity index (χ3v) is 3.31. The Kier molecular flexibility index (Phi) is 4.24. The molecule has 118 valence electrons. The van der Waals surface area contributed by atoms with Gasteiger partial charge in [0.1, 0.15) is 5.69 Å². The van der Waals surface area contributed by atoms with E-state index in [1.165, 1.54) is 18.3 Å². The Bertz CT molecular complexity index is 936. The van der Waals surface area contributed by atoms with Crippen LogP contribution >= 0.6 is 0 Å². The average Bonchev–Trinajstić information content (AvgIpc) is 2.61. The molecule has 1 aromatic heterocycles. The molecule has 1 heterocycles. The molecule has 24 heavy (non-hydrogen) atoms. The first-order valence-electron chi connectivity index (χ1n) is 7.07. The Hall–Kier alpha value is -3.61. The summed E-state index contributed by atoms with van der Waals surface area (Å²) in [5, 5.41) is 15.4. The molecule has 3 aromatic rings. The van der Waals surface area contributed by atoms with E-state index >= 15 is 0 Å². The van der Waals surface area contributed by atoms with Crippen LogP contribution in [0.5, 0.6) is 0 Å². The number of carbonyl (C=O) groups excluding carboxylic acids is 1. The molecule has 0 unspecified atom stereocenters. The molecule has 0 saturated heterocycles. The van der Waals surface area contributed by atoms with Gasteiger partial charge in [0.2, 0.25) is 0 Å². The van der Waals surface area contributed by atoms with Crippen LogP contribution < -0.4 is 5.43 Å². The molecule has 0 radical (unpaired) electrons. The van der Waals surface area contributed by atoms with E-state index in [-0.39, 0.29) is 11.4 Å². The van der Waals surface area contributed by atoms with E-state index < -0.39 is 10.8 Å². The Labute approximate surface area is 136 Å². The number of hydrogen-bond donors (Lipinski definition) is 1. The number of rotatable bonds is 4. The fourth-order valence-corrected chi connectivity index (χ4v) is 2.10. The lowest BCUT2D eigenvalue weighted by atomic mass is 10.2. The van der Waals surface area contributed by atoms with Gasteiger partial charge in [-0.05, 0) is 29.8 Å². The van der Waals surface area contributed by atoms with Gasteiger partial charge < -0.3 is 0 Å². The number of carbonyl (C=O) groups is 1. The first-order chi connectivity index (χ1) is 11.6. The Morgan fingerprint density at radius 2 is 1.83 bits per heavy atom. The second-order valence-corrected chi connectivity index (χ2v) is 4.94. The van der Waals surface area contributed by atoms with Crippen LogP contribution in [0.25, 0.3) is 10.9 Å². The summed E-state index contributed by atoms with van der Waals surface area (Å²) in [5.41, 5.74) is 4.00. The molecule has 0 aliphatic rings. The van der Waals surface area contributed by atoms with Gasteiger partial charge in [-0.3, -0.25) is 14.9 Å². The van der Waals surface area contributed by atoms with E-state index in [9.17, 15) is 14.9 Å². The predicted octanol–water partition coefficient (Wildman–Crippen LogP) is 2.91. The van der Waals surface area contributed by atoms with Crippen LogP contribution in [0.1, 0.15) is 16.1 Å². The SMILES string of the molecule is O=C(NN=Cc1ccc([N+](=O)[O-])cc1)c1ccc2ccccc2n1. The lowest BCUT2D eigenvalue weighted by Crippen LogP contribution is -2.18. The monoisotopic (exact) mass is 320 g/mol. The molecule has 1 N–H and O–H groups in total. The minimum absolute atomic E-state index is 0.00320. The number of nitrogens with zero attached hydrogens (tertiary/aromatic N) is 3. The zero-order valence-corrected chi connectivity index (χ0v) is 12.4. The number of hydrogen-bond acceptors (Lipinski definition) is 5. The Balaban J connectivity index is 1.68. The molecule has 0 aliphatic heterocycles. The van der Waals surface area contributed by atoms with Crippen molar-refractivity contribution in [3.05, 3.63) is 82.0 Å². The van der Waals surface area contributed by atoms with Gasteiger partial charge in [-0.15, -0.1) is 0 Å². The number of benzene rings is 2. The maximum atomic E-state index is 12.0. The van der Waals surface area contributed by atoms with Crippen molar-refractivity contribution in [1.82, 2.24) is 10.4 Å². The summed E-state index contributed by atoms with van der Waals surface area (Å²) in [6, 6.07) is 16.8. The maximum absolute atomic E-state index is 12.0. The van der Waals surface area contributed by atoms with Gasteiger partial charge in [0.15, 0.2) is 0 Å². The smallest absolute Gasteiger partial charge is 0.266 e. The van der Waals surface area contributed by atoms with E-state index in [0.717, 1.165) is 10.9 Å². The minimum atomic E-state index is -0.478. The van der Waals surface area contributed by atoms with E-state index in [1.807, 2.05) is 30.3 Å². The number of pyridine rings is 1. The molecule has 0 aliphatic carbocycles. The van der Waals surface area contributed by atoms with Gasteiger partial charge in [0.05, 0.1) is 16.7 Å². The standard InChI is InChI=1S/C17H12N4O3/c22-17(16-10-7-13-3-1-2-4-15(13)19-16)20-18-11-12-5-8-14(9-6-12)21(23)24/h1-11H,(H,20,22). The van der Waals surface area contributed by atoms with E-state index in [1.54, 1.807) is 18.2 Å². The highest BCUT2D eigenvalue weighted by Gasteiger charge is 2.07. The quantitative estimate of drug-likeness (QED) is 0.454. The summed E-state index contributed by atoms with van der Waals surface area (Å²) in [4.78, 5) is 26.4. The summed E-state index contributed by atoms with van der Waals surface area (Å²) >= 11 is 0. The van der Waals surface area contributed by atoms with Crippen LogP contribution in [0.3, 0.4) is 0 Å². The van der Waals surface area contributed by atoms with Gasteiger partial charge in [0, 0.05) is 17.5 Å². The van der Waals surface area contributed by atoms with Gasteiger partial charge in [-0.1, -0.05) is 24.3 Å². The third kappa shape index (κ3) is 3.41. The van der Waals surface area contributed by atoms with Crippen molar-refractivity contribution in [3.8, 4) is 0 Å². The summed E-state index contributed by atoms with van der Waals surface area (Å²) < 4.78 is 0. The topological polar surface area (TPSA) is 97.5 Å². The predicted molar refractivity (Wildman–Crippen MR) is 89.9 cm³/mol. The average molecular weight is 320 g/mol. The fourth-order valence-electron chi connectivity index (χ4n) is 2.10. The van der Waals surface area contributed by atoms with Crippen LogP contribution in [-0.2, 0) is 0 Å². The van der Waals surface area contributed by atoms with Crippen LogP contribution in [0.15, 0.2) is 65.8 Å². The highest BCUT2D eigenvalue weighted by atomic mass is 16.6. The molecule has 7 nitrogen and oxygen atoms in total. The first kappa shape index (κ1) is 15.3. The molecule has 7 heteroatoms. The second kappa shape index (κ2) is 6.66. The van der Waals surface area contributed by atoms with E-state index in [0.29, 0.717) is 5.56 Å². The molecule has 0 atom stereocenters. The zero-order chi connectivity index (χ0) is 16.9. The summed E-state index contributed by atoms with van der Waals surface area (Å²) in [6.07, 6.45) is 1.41. The third-order valence-electron chi connectivity index (χ3n) is 3.31. The summed E-state index contributed by atoms with van der Waals surface area (Å²) in [5.74, 6) is -0.432. The number of non-ortho nitro benzene ring substituents is 1. The second-order valence-electron chi connectivity index (χ2n) is 4.94. The minimum Gasteiger partial charge on any atom is -0.266 e. The van der Waals surface area contributed by atoms with Crippen LogP contribution in [-0.4, -0.2) is 22.0 Å². The molecule has 1 amide bonds. The van der Waals surface area contributed by atoms with Crippen molar-refractivity contribution in [2.24, 2.45) is 5.10 Å². The number of hydrazone groups is 1. The van der Waals surface area contributed by atoms with Crippen molar-refractivity contribution in [2.75, 3.05) is 0 Å². The molecule has 0 spiro atoms. The Morgan fingerprint density at radius 3 is 2.58 bits per heavy atom. The molecule has 0 saturated carbocycles. The normalized spacial score (nSPS) is 10.8. The highest BCUT2D eigenvalue weighted by Crippen LogP contribution is 2.12. The van der Waals surface area contributed by atoms with Crippen molar-refractivity contribution in [1.29, 1.82) is 0 Å². The number of nitrogens with one attached hydrogen (secondary N) is 1. The van der Waals surface area contributed by atoms with Crippen LogP contribution in [0.2, 0.25) is 0 Å². The van der Waals surface area contributed by atoms with Crippen LogP contribution in [0.4, 0.5) is 5.69 Å². The molecular formula is C17H12N4O3. The van der Waals surface area contributed by atoms with Crippen molar-refractivity contribution < 1.29 is 9.72 Å². The molecule has 3 rings (SSSR count). The number of para-hydroxylation sites is 1. The van der Waals surface area contributed by atoms with Crippen molar-refractivity contribution in [3.63, 3.8) is 0 Å². The number of aromatic nitrogens is 1. The zero-order valence-electron chi connectivity index (χ0n) is 12.4. The molecule has 2 aromatic carbocycles. The lowest BCUT2D eigenvalue weighted by Gasteiger charge is -2.01. The largest absolute Gasteiger partial charge is 0.289 e.